The number of aryl methyl sites for hydroxylation is 1. The highest BCUT2D eigenvalue weighted by atomic mass is 127. The van der Waals surface area contributed by atoms with Crippen LogP contribution in [-0.2, 0) is 11.8 Å². The van der Waals surface area contributed by atoms with Crippen LogP contribution in [0.15, 0.2) is 41.7 Å². The average Bonchev–Trinajstić information content (AvgIpc) is 3.11. The van der Waals surface area contributed by atoms with Gasteiger partial charge in [-0.15, -0.1) is 24.0 Å². The third-order valence-electron chi connectivity index (χ3n) is 4.37. The molecule has 2 heterocycles. The topological polar surface area (TPSA) is 63.9 Å². The first-order chi connectivity index (χ1) is 13.0. The highest BCUT2D eigenvalue weighted by Gasteiger charge is 2.25. The molecule has 0 amide bonds. The van der Waals surface area contributed by atoms with E-state index in [0.29, 0.717) is 25.4 Å². The van der Waals surface area contributed by atoms with E-state index in [0.717, 1.165) is 18.1 Å². The second-order valence-electron chi connectivity index (χ2n) is 6.56. The maximum Gasteiger partial charge on any atom is 0.193 e. The van der Waals surface area contributed by atoms with Gasteiger partial charge in [-0.3, -0.25) is 9.67 Å². The molecule has 1 aliphatic heterocycles. The number of nitrogens with zero attached hydrogens (tertiary/aromatic N) is 4. The van der Waals surface area contributed by atoms with Gasteiger partial charge in [0.25, 0.3) is 0 Å². The van der Waals surface area contributed by atoms with Crippen molar-refractivity contribution in [1.29, 1.82) is 0 Å². The SMILES string of the molecule is CN=C(NCC(C)Oc1ccc(F)cc1)N1CCOC(c2cnn(C)c2)C1.I. The third kappa shape index (κ3) is 6.06. The largest absolute Gasteiger partial charge is 0.489 e. The van der Waals surface area contributed by atoms with Crippen molar-refractivity contribution in [3.8, 4) is 5.75 Å². The number of ether oxygens (including phenoxy) is 2. The minimum Gasteiger partial charge on any atom is -0.489 e. The summed E-state index contributed by atoms with van der Waals surface area (Å²) in [6.45, 7) is 4.64. The van der Waals surface area contributed by atoms with Gasteiger partial charge in [-0.1, -0.05) is 0 Å². The number of benzene rings is 1. The Bertz CT molecular complexity index is 768. The number of morpholine rings is 1. The fourth-order valence-corrected chi connectivity index (χ4v) is 3.00. The first kappa shape index (κ1) is 22.4. The molecule has 28 heavy (non-hydrogen) atoms. The van der Waals surface area contributed by atoms with Crippen LogP contribution in [0.25, 0.3) is 0 Å². The van der Waals surface area contributed by atoms with E-state index in [4.69, 9.17) is 9.47 Å². The van der Waals surface area contributed by atoms with Crippen LogP contribution >= 0.6 is 24.0 Å². The van der Waals surface area contributed by atoms with E-state index in [1.165, 1.54) is 12.1 Å². The Balaban J connectivity index is 0.00000280. The van der Waals surface area contributed by atoms with Crippen LogP contribution in [-0.4, -0.2) is 60.0 Å². The molecular formula is C19H27FIN5O2. The molecule has 0 spiro atoms. The fraction of sp³-hybridized carbons (Fsp3) is 0.474. The predicted octanol–water partition coefficient (Wildman–Crippen LogP) is 2.59. The van der Waals surface area contributed by atoms with Gasteiger partial charge in [-0.25, -0.2) is 4.39 Å². The lowest BCUT2D eigenvalue weighted by Crippen LogP contribution is -2.49. The van der Waals surface area contributed by atoms with E-state index in [-0.39, 0.29) is 42.0 Å². The van der Waals surface area contributed by atoms with Crippen LogP contribution in [0, 0.1) is 5.82 Å². The van der Waals surface area contributed by atoms with Crippen LogP contribution in [0.1, 0.15) is 18.6 Å². The quantitative estimate of drug-likeness (QED) is 0.386. The molecule has 0 aliphatic carbocycles. The van der Waals surface area contributed by atoms with Gasteiger partial charge in [-0.05, 0) is 31.2 Å². The molecule has 9 heteroatoms. The number of hydrogen-bond donors (Lipinski definition) is 1. The van der Waals surface area contributed by atoms with Gasteiger partial charge in [0.1, 0.15) is 23.8 Å². The Morgan fingerprint density at radius 1 is 1.43 bits per heavy atom. The Morgan fingerprint density at radius 2 is 2.18 bits per heavy atom. The van der Waals surface area contributed by atoms with Gasteiger partial charge >= 0.3 is 0 Å². The van der Waals surface area contributed by atoms with Crippen molar-refractivity contribution >= 4 is 29.9 Å². The van der Waals surface area contributed by atoms with Crippen molar-refractivity contribution in [1.82, 2.24) is 20.0 Å². The number of guanidine groups is 1. The van der Waals surface area contributed by atoms with Crippen LogP contribution in [0.5, 0.6) is 5.75 Å². The summed E-state index contributed by atoms with van der Waals surface area (Å²) in [6.07, 6.45) is 3.69. The Kier molecular flexibility index (Phi) is 8.49. The molecule has 2 aromatic rings. The molecule has 1 aromatic heterocycles. The monoisotopic (exact) mass is 503 g/mol. The summed E-state index contributed by atoms with van der Waals surface area (Å²) in [7, 11) is 3.66. The molecule has 154 valence electrons. The lowest BCUT2D eigenvalue weighted by Gasteiger charge is -2.35. The zero-order valence-corrected chi connectivity index (χ0v) is 18.7. The zero-order valence-electron chi connectivity index (χ0n) is 16.3. The number of rotatable bonds is 5. The molecule has 0 radical (unpaired) electrons. The maximum absolute atomic E-state index is 13.0. The first-order valence-corrected chi connectivity index (χ1v) is 9.03. The molecule has 1 aromatic carbocycles. The normalized spacial score (nSPS) is 18.4. The molecule has 0 bridgehead atoms. The molecule has 1 aliphatic rings. The lowest BCUT2D eigenvalue weighted by molar-refractivity contribution is -0.00814. The Morgan fingerprint density at radius 3 is 2.82 bits per heavy atom. The van der Waals surface area contributed by atoms with Crippen molar-refractivity contribution in [3.63, 3.8) is 0 Å². The third-order valence-corrected chi connectivity index (χ3v) is 4.37. The molecule has 3 rings (SSSR count). The summed E-state index contributed by atoms with van der Waals surface area (Å²) in [5, 5.41) is 7.57. The molecule has 1 fully saturated rings. The predicted molar refractivity (Wildman–Crippen MR) is 117 cm³/mol. The fourth-order valence-electron chi connectivity index (χ4n) is 3.00. The highest BCUT2D eigenvalue weighted by Crippen LogP contribution is 2.21. The van der Waals surface area contributed by atoms with E-state index in [1.54, 1.807) is 23.9 Å². The van der Waals surface area contributed by atoms with Crippen LogP contribution in [0.2, 0.25) is 0 Å². The van der Waals surface area contributed by atoms with E-state index in [9.17, 15) is 4.39 Å². The van der Waals surface area contributed by atoms with Gasteiger partial charge in [0.05, 0.1) is 25.9 Å². The molecule has 1 saturated heterocycles. The molecule has 7 nitrogen and oxygen atoms in total. The number of hydrogen-bond acceptors (Lipinski definition) is 4. The molecule has 0 saturated carbocycles. The second-order valence-corrected chi connectivity index (χ2v) is 6.56. The summed E-state index contributed by atoms with van der Waals surface area (Å²) in [5.74, 6) is 1.18. The van der Waals surface area contributed by atoms with Crippen LogP contribution in [0.3, 0.4) is 0 Å². The Hall–Kier alpha value is -1.88. The number of aliphatic imine (C=N–C) groups is 1. The second kappa shape index (κ2) is 10.6. The summed E-state index contributed by atoms with van der Waals surface area (Å²) in [6, 6.07) is 6.03. The molecule has 2 atom stereocenters. The van der Waals surface area contributed by atoms with Crippen LogP contribution in [0.4, 0.5) is 4.39 Å². The summed E-state index contributed by atoms with van der Waals surface area (Å²) in [4.78, 5) is 6.56. The van der Waals surface area contributed by atoms with Gasteiger partial charge in [0.15, 0.2) is 5.96 Å². The van der Waals surface area contributed by atoms with Gasteiger partial charge in [0.2, 0.25) is 0 Å². The lowest BCUT2D eigenvalue weighted by atomic mass is 10.1. The van der Waals surface area contributed by atoms with Crippen molar-refractivity contribution in [3.05, 3.63) is 48.0 Å². The van der Waals surface area contributed by atoms with Gasteiger partial charge in [-0.2, -0.15) is 5.10 Å². The first-order valence-electron chi connectivity index (χ1n) is 9.03. The number of aromatic nitrogens is 2. The minimum absolute atomic E-state index is 0. The summed E-state index contributed by atoms with van der Waals surface area (Å²) < 4.78 is 26.4. The van der Waals surface area contributed by atoms with E-state index >= 15 is 0 Å². The van der Waals surface area contributed by atoms with Gasteiger partial charge in [0, 0.05) is 32.4 Å². The number of halogens is 2. The average molecular weight is 503 g/mol. The van der Waals surface area contributed by atoms with Gasteiger partial charge < -0.3 is 19.7 Å². The number of nitrogens with one attached hydrogen (secondary N) is 1. The van der Waals surface area contributed by atoms with Crippen molar-refractivity contribution < 1.29 is 13.9 Å². The smallest absolute Gasteiger partial charge is 0.193 e. The highest BCUT2D eigenvalue weighted by molar-refractivity contribution is 14.0. The molecule has 2 unspecified atom stereocenters. The van der Waals surface area contributed by atoms with Crippen molar-refractivity contribution in [2.75, 3.05) is 33.3 Å². The minimum atomic E-state index is -0.274. The van der Waals surface area contributed by atoms with E-state index < -0.39 is 0 Å². The van der Waals surface area contributed by atoms with E-state index in [2.05, 4.69) is 20.3 Å². The Labute approximate surface area is 181 Å². The summed E-state index contributed by atoms with van der Waals surface area (Å²) in [5.41, 5.74) is 1.06. The molecular weight excluding hydrogens is 476 g/mol. The van der Waals surface area contributed by atoms with Crippen molar-refractivity contribution in [2.45, 2.75) is 19.1 Å². The van der Waals surface area contributed by atoms with Crippen molar-refractivity contribution in [2.24, 2.45) is 12.0 Å². The van der Waals surface area contributed by atoms with Crippen LogP contribution < -0.4 is 10.1 Å². The van der Waals surface area contributed by atoms with E-state index in [1.807, 2.05) is 26.4 Å². The standard InChI is InChI=1S/C19H26FN5O2.HI/c1-14(27-17-6-4-16(20)5-7-17)10-22-19(21-2)25-8-9-26-18(13-25)15-11-23-24(3)12-15;/h4-7,11-12,14,18H,8-10,13H2,1-3H3,(H,21,22);1H. The summed E-state index contributed by atoms with van der Waals surface area (Å²) >= 11 is 0. The zero-order chi connectivity index (χ0) is 19.2. The maximum atomic E-state index is 13.0. The molecule has 1 N–H and O–H groups in total.